The first-order valence-corrected chi connectivity index (χ1v) is 12.1. The normalized spacial score (nSPS) is 27.7. The SMILES string of the molecule is COc1ccc(COC(=O)C2N3C(=O)C(N4C(=O)c5ccccc5C4=O)[C@H]3SC[C@@]2(C)Cl)cc1. The zero-order valence-corrected chi connectivity index (χ0v) is 20.0. The molecular formula is C24H21ClN2O6S. The van der Waals surface area contributed by atoms with E-state index in [1.54, 1.807) is 62.6 Å². The molecule has 0 N–H and O–H groups in total. The fourth-order valence-electron chi connectivity index (χ4n) is 4.55. The van der Waals surface area contributed by atoms with Gasteiger partial charge in [0.2, 0.25) is 0 Å². The van der Waals surface area contributed by atoms with E-state index in [9.17, 15) is 19.2 Å². The second-order valence-corrected chi connectivity index (χ2v) is 10.5. The van der Waals surface area contributed by atoms with Gasteiger partial charge in [0.1, 0.15) is 23.8 Å². The first-order chi connectivity index (χ1) is 16.2. The van der Waals surface area contributed by atoms with Crippen molar-refractivity contribution in [1.82, 2.24) is 9.80 Å². The summed E-state index contributed by atoms with van der Waals surface area (Å²) in [5.74, 6) is -1.11. The van der Waals surface area contributed by atoms with Crippen molar-refractivity contribution < 1.29 is 28.7 Å². The number of imide groups is 1. The van der Waals surface area contributed by atoms with Crippen molar-refractivity contribution in [2.75, 3.05) is 12.9 Å². The highest BCUT2D eigenvalue weighted by atomic mass is 35.5. The van der Waals surface area contributed by atoms with Crippen LogP contribution < -0.4 is 4.74 Å². The number of carbonyl (C=O) groups excluding carboxylic acids is 4. The molecule has 34 heavy (non-hydrogen) atoms. The van der Waals surface area contributed by atoms with Gasteiger partial charge >= 0.3 is 5.97 Å². The average molecular weight is 501 g/mol. The van der Waals surface area contributed by atoms with E-state index in [-0.39, 0.29) is 17.7 Å². The highest BCUT2D eigenvalue weighted by Gasteiger charge is 2.65. The summed E-state index contributed by atoms with van der Waals surface area (Å²) in [6, 6.07) is 11.5. The molecule has 10 heteroatoms. The Bertz CT molecular complexity index is 1170. The molecule has 4 atom stereocenters. The number of esters is 1. The van der Waals surface area contributed by atoms with E-state index in [4.69, 9.17) is 21.1 Å². The van der Waals surface area contributed by atoms with Crippen LogP contribution in [0.25, 0.3) is 0 Å². The van der Waals surface area contributed by atoms with Gasteiger partial charge in [0.25, 0.3) is 17.7 Å². The summed E-state index contributed by atoms with van der Waals surface area (Å²) in [6.45, 7) is 1.69. The van der Waals surface area contributed by atoms with Crippen LogP contribution in [0.3, 0.4) is 0 Å². The number of methoxy groups -OCH3 is 1. The van der Waals surface area contributed by atoms with Gasteiger partial charge in [0.15, 0.2) is 6.04 Å². The maximum atomic E-state index is 13.3. The molecule has 0 aliphatic carbocycles. The number of thioether (sulfide) groups is 1. The molecule has 0 spiro atoms. The van der Waals surface area contributed by atoms with Gasteiger partial charge in [-0.25, -0.2) is 4.79 Å². The Morgan fingerprint density at radius 2 is 1.71 bits per heavy atom. The molecule has 2 saturated heterocycles. The third kappa shape index (κ3) is 3.45. The Morgan fingerprint density at radius 3 is 2.29 bits per heavy atom. The Hall–Kier alpha value is -3.04. The minimum absolute atomic E-state index is 0.00791. The zero-order chi connectivity index (χ0) is 24.2. The number of benzene rings is 2. The number of rotatable bonds is 5. The quantitative estimate of drug-likeness (QED) is 0.270. The molecule has 0 aromatic heterocycles. The minimum Gasteiger partial charge on any atom is -0.497 e. The summed E-state index contributed by atoms with van der Waals surface area (Å²) in [6.07, 6.45) is 0. The number of hydrogen-bond acceptors (Lipinski definition) is 7. The maximum Gasteiger partial charge on any atom is 0.331 e. The van der Waals surface area contributed by atoms with E-state index in [1.807, 2.05) is 0 Å². The van der Waals surface area contributed by atoms with Crippen LogP contribution in [0, 0.1) is 0 Å². The zero-order valence-electron chi connectivity index (χ0n) is 18.4. The van der Waals surface area contributed by atoms with E-state index in [2.05, 4.69) is 0 Å². The standard InChI is InChI=1S/C24H21ClN2O6S/c1-24(25)12-34-22-17(26-19(28)15-5-3-4-6-16(15)20(26)29)21(30)27(22)18(24)23(31)33-11-13-7-9-14(32-2)10-8-13/h3-10,17-18,22H,11-12H2,1-2H3/t17?,18?,22-,24-/m1/s1. The highest BCUT2D eigenvalue weighted by molar-refractivity contribution is 8.00. The fraction of sp³-hybridized carbons (Fsp3) is 0.333. The Balaban J connectivity index is 1.34. The lowest BCUT2D eigenvalue weighted by atomic mass is 9.93. The largest absolute Gasteiger partial charge is 0.497 e. The topological polar surface area (TPSA) is 93.2 Å². The fourth-order valence-corrected chi connectivity index (χ4v) is 6.39. The molecule has 2 unspecified atom stereocenters. The molecule has 2 aromatic rings. The van der Waals surface area contributed by atoms with Crippen molar-refractivity contribution in [3.05, 3.63) is 65.2 Å². The van der Waals surface area contributed by atoms with Crippen LogP contribution in [-0.4, -0.2) is 68.7 Å². The van der Waals surface area contributed by atoms with E-state index in [0.717, 1.165) is 10.5 Å². The van der Waals surface area contributed by atoms with Gasteiger partial charge in [0.05, 0.1) is 23.1 Å². The predicted molar refractivity (Wildman–Crippen MR) is 125 cm³/mol. The molecule has 0 saturated carbocycles. The van der Waals surface area contributed by atoms with Crippen molar-refractivity contribution in [2.45, 2.75) is 35.9 Å². The Morgan fingerprint density at radius 1 is 1.09 bits per heavy atom. The van der Waals surface area contributed by atoms with Crippen molar-refractivity contribution in [1.29, 1.82) is 0 Å². The van der Waals surface area contributed by atoms with Crippen LogP contribution in [0.5, 0.6) is 5.75 Å². The number of alkyl halides is 1. The average Bonchev–Trinajstić information content (AvgIpc) is 3.08. The molecule has 176 valence electrons. The molecule has 3 heterocycles. The second-order valence-electron chi connectivity index (χ2n) is 8.55. The number of ether oxygens (including phenoxy) is 2. The number of β-lactam (4-membered cyclic amide) rings is 1. The van der Waals surface area contributed by atoms with Gasteiger partial charge in [-0.2, -0.15) is 0 Å². The first kappa shape index (κ1) is 22.7. The number of fused-ring (bicyclic) bond motifs is 2. The monoisotopic (exact) mass is 500 g/mol. The lowest BCUT2D eigenvalue weighted by molar-refractivity contribution is -0.169. The second kappa shape index (κ2) is 8.32. The first-order valence-electron chi connectivity index (χ1n) is 10.6. The summed E-state index contributed by atoms with van der Waals surface area (Å²) < 4.78 is 10.6. The van der Waals surface area contributed by atoms with Crippen LogP contribution in [0.2, 0.25) is 0 Å². The van der Waals surface area contributed by atoms with Gasteiger partial charge in [-0.15, -0.1) is 23.4 Å². The van der Waals surface area contributed by atoms with Gasteiger partial charge < -0.3 is 14.4 Å². The summed E-state index contributed by atoms with van der Waals surface area (Å²) in [5, 5.41) is -0.569. The number of halogens is 1. The van der Waals surface area contributed by atoms with Gasteiger partial charge in [-0.1, -0.05) is 24.3 Å². The lowest BCUT2D eigenvalue weighted by Crippen LogP contribution is -2.78. The molecular weight excluding hydrogens is 480 g/mol. The molecule has 5 rings (SSSR count). The molecule has 8 nitrogen and oxygen atoms in total. The van der Waals surface area contributed by atoms with Gasteiger partial charge in [-0.05, 0) is 36.8 Å². The smallest absolute Gasteiger partial charge is 0.331 e. The van der Waals surface area contributed by atoms with E-state index in [0.29, 0.717) is 11.5 Å². The highest BCUT2D eigenvalue weighted by Crippen LogP contribution is 2.48. The Kier molecular flexibility index (Phi) is 5.56. The lowest BCUT2D eigenvalue weighted by Gasteiger charge is -2.57. The predicted octanol–water partition coefficient (Wildman–Crippen LogP) is 2.68. The van der Waals surface area contributed by atoms with Crippen molar-refractivity contribution in [2.24, 2.45) is 0 Å². The molecule has 3 aliphatic rings. The summed E-state index contributed by atoms with van der Waals surface area (Å²) in [5.41, 5.74) is 1.31. The molecule has 0 radical (unpaired) electrons. The maximum absolute atomic E-state index is 13.3. The van der Waals surface area contributed by atoms with Crippen LogP contribution in [0.4, 0.5) is 0 Å². The summed E-state index contributed by atoms with van der Waals surface area (Å²) in [7, 11) is 1.56. The van der Waals surface area contributed by atoms with Gasteiger partial charge in [-0.3, -0.25) is 19.3 Å². The summed E-state index contributed by atoms with van der Waals surface area (Å²) in [4.78, 5) is 53.5. The number of carbonyl (C=O) groups is 4. The molecule has 2 fully saturated rings. The molecule has 2 aromatic carbocycles. The van der Waals surface area contributed by atoms with Crippen molar-refractivity contribution in [3.63, 3.8) is 0 Å². The van der Waals surface area contributed by atoms with Crippen LogP contribution in [0.1, 0.15) is 33.2 Å². The van der Waals surface area contributed by atoms with Crippen molar-refractivity contribution >= 4 is 47.1 Å². The van der Waals surface area contributed by atoms with E-state index < -0.39 is 46.0 Å². The third-order valence-corrected chi connectivity index (χ3v) is 8.40. The third-order valence-electron chi connectivity index (χ3n) is 6.30. The molecule has 0 bridgehead atoms. The van der Waals surface area contributed by atoms with Crippen LogP contribution in [0.15, 0.2) is 48.5 Å². The Labute approximate surface area is 205 Å². The summed E-state index contributed by atoms with van der Waals surface area (Å²) >= 11 is 8.02. The van der Waals surface area contributed by atoms with Crippen molar-refractivity contribution in [3.8, 4) is 5.75 Å². The van der Waals surface area contributed by atoms with E-state index >= 15 is 0 Å². The van der Waals surface area contributed by atoms with Gasteiger partial charge in [0, 0.05) is 5.75 Å². The minimum atomic E-state index is -1.07. The van der Waals surface area contributed by atoms with Crippen LogP contribution in [-0.2, 0) is 20.9 Å². The van der Waals surface area contributed by atoms with E-state index in [1.165, 1.54) is 16.7 Å². The number of hydrogen-bond donors (Lipinski definition) is 0. The molecule has 3 amide bonds. The number of amides is 3. The molecule has 3 aliphatic heterocycles. The number of nitrogens with zero attached hydrogens (tertiary/aromatic N) is 2. The van der Waals surface area contributed by atoms with Crippen LogP contribution >= 0.6 is 23.4 Å².